The van der Waals surface area contributed by atoms with Gasteiger partial charge in [-0.3, -0.25) is 0 Å². The van der Waals surface area contributed by atoms with Gasteiger partial charge in [0.25, 0.3) is 0 Å². The lowest BCUT2D eigenvalue weighted by atomic mass is 9.97. The number of nitrogens with one attached hydrogen (secondary N) is 1. The molecular formula is C15H29N. The minimum atomic E-state index is 0.724. The summed E-state index contributed by atoms with van der Waals surface area (Å²) in [5.41, 5.74) is 0. The number of hydrogen-bond donors (Lipinski definition) is 1. The van der Waals surface area contributed by atoms with Crippen molar-refractivity contribution in [2.45, 2.75) is 65.3 Å². The maximum absolute atomic E-state index is 3.78. The van der Waals surface area contributed by atoms with Crippen LogP contribution in [0.3, 0.4) is 0 Å². The Kier molecular flexibility index (Phi) is 4.29. The molecule has 0 aliphatic heterocycles. The van der Waals surface area contributed by atoms with Crippen molar-refractivity contribution < 1.29 is 0 Å². The highest BCUT2D eigenvalue weighted by atomic mass is 14.9. The molecule has 1 unspecified atom stereocenters. The highest BCUT2D eigenvalue weighted by molar-refractivity contribution is 4.92. The first kappa shape index (κ1) is 12.4. The second-order valence-electron chi connectivity index (χ2n) is 6.62. The van der Waals surface area contributed by atoms with Crippen molar-refractivity contribution in [2.75, 3.05) is 6.54 Å². The molecule has 2 aliphatic rings. The van der Waals surface area contributed by atoms with Crippen molar-refractivity contribution in [2.24, 2.45) is 23.7 Å². The minimum Gasteiger partial charge on any atom is -0.314 e. The molecule has 0 aromatic carbocycles. The smallest absolute Gasteiger partial charge is 0.00389 e. The summed E-state index contributed by atoms with van der Waals surface area (Å²) >= 11 is 0. The van der Waals surface area contributed by atoms with Gasteiger partial charge in [0.1, 0.15) is 0 Å². The molecule has 0 aromatic heterocycles. The summed E-state index contributed by atoms with van der Waals surface area (Å²) in [5.74, 6) is 4.07. The molecular weight excluding hydrogens is 194 g/mol. The zero-order valence-electron chi connectivity index (χ0n) is 11.3. The second kappa shape index (κ2) is 5.53. The van der Waals surface area contributed by atoms with Gasteiger partial charge in [0.2, 0.25) is 0 Å². The Morgan fingerprint density at radius 1 is 0.938 bits per heavy atom. The highest BCUT2D eigenvalue weighted by Crippen LogP contribution is 2.48. The van der Waals surface area contributed by atoms with Gasteiger partial charge in [-0.15, -0.1) is 0 Å². The molecule has 0 amide bonds. The van der Waals surface area contributed by atoms with Crippen LogP contribution in [0.15, 0.2) is 0 Å². The molecule has 16 heavy (non-hydrogen) atoms. The standard InChI is InChI=1S/C15H29N/c1-11(2)4-5-12(3)16-10-15(13-6-7-13)14-8-9-14/h11-16H,4-10H2,1-3H3. The average Bonchev–Trinajstić information content (AvgIpc) is 3.07. The summed E-state index contributed by atoms with van der Waals surface area (Å²) < 4.78 is 0. The van der Waals surface area contributed by atoms with Crippen LogP contribution < -0.4 is 5.32 Å². The van der Waals surface area contributed by atoms with Gasteiger partial charge < -0.3 is 5.32 Å². The summed E-state index contributed by atoms with van der Waals surface area (Å²) in [6.07, 6.45) is 8.78. The second-order valence-corrected chi connectivity index (χ2v) is 6.62. The molecule has 94 valence electrons. The van der Waals surface area contributed by atoms with E-state index in [1.807, 2.05) is 0 Å². The zero-order valence-corrected chi connectivity index (χ0v) is 11.3. The van der Waals surface area contributed by atoms with Gasteiger partial charge in [0.05, 0.1) is 0 Å². The largest absolute Gasteiger partial charge is 0.314 e. The summed E-state index contributed by atoms with van der Waals surface area (Å²) in [6.45, 7) is 8.31. The van der Waals surface area contributed by atoms with Gasteiger partial charge in [-0.05, 0) is 75.7 Å². The third-order valence-electron chi connectivity index (χ3n) is 4.33. The molecule has 0 radical (unpaired) electrons. The molecule has 2 fully saturated rings. The van der Waals surface area contributed by atoms with Crippen LogP contribution in [0.25, 0.3) is 0 Å². The molecule has 2 rings (SSSR count). The van der Waals surface area contributed by atoms with E-state index in [1.165, 1.54) is 45.1 Å². The molecule has 1 N–H and O–H groups in total. The highest BCUT2D eigenvalue weighted by Gasteiger charge is 2.40. The summed E-state index contributed by atoms with van der Waals surface area (Å²) in [4.78, 5) is 0. The topological polar surface area (TPSA) is 12.0 Å². The van der Waals surface area contributed by atoms with Gasteiger partial charge in [0.15, 0.2) is 0 Å². The van der Waals surface area contributed by atoms with Crippen LogP contribution in [0.2, 0.25) is 0 Å². The lowest BCUT2D eigenvalue weighted by Crippen LogP contribution is -2.33. The molecule has 0 heterocycles. The van der Waals surface area contributed by atoms with Crippen molar-refractivity contribution in [3.8, 4) is 0 Å². The van der Waals surface area contributed by atoms with Crippen LogP contribution in [0.5, 0.6) is 0 Å². The van der Waals surface area contributed by atoms with E-state index in [0.717, 1.165) is 29.7 Å². The van der Waals surface area contributed by atoms with Gasteiger partial charge in [-0.25, -0.2) is 0 Å². The van der Waals surface area contributed by atoms with Crippen molar-refractivity contribution >= 4 is 0 Å². The first-order valence-electron chi connectivity index (χ1n) is 7.40. The van der Waals surface area contributed by atoms with E-state index in [1.54, 1.807) is 0 Å². The van der Waals surface area contributed by atoms with Gasteiger partial charge >= 0.3 is 0 Å². The third kappa shape index (κ3) is 4.08. The Morgan fingerprint density at radius 3 is 1.94 bits per heavy atom. The fourth-order valence-corrected chi connectivity index (χ4v) is 2.79. The van der Waals surface area contributed by atoms with E-state index in [2.05, 4.69) is 26.1 Å². The molecule has 1 atom stereocenters. The van der Waals surface area contributed by atoms with Crippen molar-refractivity contribution in [3.05, 3.63) is 0 Å². The Morgan fingerprint density at radius 2 is 1.50 bits per heavy atom. The van der Waals surface area contributed by atoms with E-state index in [0.29, 0.717) is 0 Å². The Labute approximate surface area is 101 Å². The van der Waals surface area contributed by atoms with Crippen molar-refractivity contribution in [3.63, 3.8) is 0 Å². The van der Waals surface area contributed by atoms with Crippen LogP contribution in [-0.4, -0.2) is 12.6 Å². The lowest BCUT2D eigenvalue weighted by Gasteiger charge is -2.21. The molecule has 0 saturated heterocycles. The van der Waals surface area contributed by atoms with E-state index >= 15 is 0 Å². The fourth-order valence-electron chi connectivity index (χ4n) is 2.79. The molecule has 0 aromatic rings. The lowest BCUT2D eigenvalue weighted by molar-refractivity contribution is 0.346. The van der Waals surface area contributed by atoms with Gasteiger partial charge in [0, 0.05) is 6.04 Å². The van der Waals surface area contributed by atoms with E-state index in [-0.39, 0.29) is 0 Å². The molecule has 0 spiro atoms. The Balaban J connectivity index is 1.61. The monoisotopic (exact) mass is 223 g/mol. The maximum atomic E-state index is 3.78. The minimum absolute atomic E-state index is 0.724. The third-order valence-corrected chi connectivity index (χ3v) is 4.33. The van der Waals surface area contributed by atoms with E-state index in [4.69, 9.17) is 0 Å². The summed E-state index contributed by atoms with van der Waals surface area (Å²) in [5, 5.41) is 3.78. The quantitative estimate of drug-likeness (QED) is 0.659. The summed E-state index contributed by atoms with van der Waals surface area (Å²) in [6, 6.07) is 0.724. The SMILES string of the molecule is CC(C)CCC(C)NCC(C1CC1)C1CC1. The first-order valence-corrected chi connectivity index (χ1v) is 7.40. The molecule has 0 bridgehead atoms. The average molecular weight is 223 g/mol. The molecule has 1 heteroatoms. The molecule has 1 nitrogen and oxygen atoms in total. The predicted octanol–water partition coefficient (Wildman–Crippen LogP) is 3.84. The van der Waals surface area contributed by atoms with E-state index in [9.17, 15) is 0 Å². The van der Waals surface area contributed by atoms with Gasteiger partial charge in [-0.2, -0.15) is 0 Å². The number of hydrogen-bond acceptors (Lipinski definition) is 1. The fraction of sp³-hybridized carbons (Fsp3) is 1.00. The van der Waals surface area contributed by atoms with Crippen molar-refractivity contribution in [1.82, 2.24) is 5.32 Å². The van der Waals surface area contributed by atoms with Crippen LogP contribution in [0, 0.1) is 23.7 Å². The van der Waals surface area contributed by atoms with Crippen molar-refractivity contribution in [1.29, 1.82) is 0 Å². The zero-order chi connectivity index (χ0) is 11.5. The molecule has 2 saturated carbocycles. The van der Waals surface area contributed by atoms with Crippen LogP contribution in [-0.2, 0) is 0 Å². The van der Waals surface area contributed by atoms with Crippen LogP contribution in [0.1, 0.15) is 59.3 Å². The predicted molar refractivity (Wildman–Crippen MR) is 70.5 cm³/mol. The maximum Gasteiger partial charge on any atom is 0.00389 e. The van der Waals surface area contributed by atoms with Crippen LogP contribution >= 0.6 is 0 Å². The molecule has 2 aliphatic carbocycles. The summed E-state index contributed by atoms with van der Waals surface area (Å²) in [7, 11) is 0. The normalized spacial score (nSPS) is 23.1. The Hall–Kier alpha value is -0.0400. The van der Waals surface area contributed by atoms with Crippen LogP contribution in [0.4, 0.5) is 0 Å². The van der Waals surface area contributed by atoms with Gasteiger partial charge in [-0.1, -0.05) is 13.8 Å². The van der Waals surface area contributed by atoms with E-state index < -0.39 is 0 Å². The first-order chi connectivity index (χ1) is 7.66. The number of rotatable bonds is 8. The Bertz CT molecular complexity index is 191.